The number of carboxylic acid groups (broad SMARTS) is 1. The van der Waals surface area contributed by atoms with Crippen LogP contribution in [0.2, 0.25) is 0 Å². The maximum atomic E-state index is 12.4. The zero-order valence-electron chi connectivity index (χ0n) is 14.8. The maximum Gasteiger partial charge on any atom is 0.317 e. The SMILES string of the molecule is COc1cccc(C(C)(C)CNC(=O)N2CCC(C)(C(=O)O)C2)c1. The van der Waals surface area contributed by atoms with Crippen LogP contribution in [0.1, 0.15) is 32.8 Å². The predicted molar refractivity (Wildman–Crippen MR) is 91.4 cm³/mol. The van der Waals surface area contributed by atoms with Crippen LogP contribution in [0.4, 0.5) is 4.79 Å². The van der Waals surface area contributed by atoms with Crippen LogP contribution in [0.3, 0.4) is 0 Å². The lowest BCUT2D eigenvalue weighted by Gasteiger charge is -2.28. The van der Waals surface area contributed by atoms with Gasteiger partial charge in [-0.1, -0.05) is 26.0 Å². The van der Waals surface area contributed by atoms with Crippen LogP contribution >= 0.6 is 0 Å². The first-order chi connectivity index (χ1) is 11.2. The van der Waals surface area contributed by atoms with Gasteiger partial charge < -0.3 is 20.1 Å². The van der Waals surface area contributed by atoms with Gasteiger partial charge in [0.1, 0.15) is 5.75 Å². The van der Waals surface area contributed by atoms with E-state index in [0.717, 1.165) is 11.3 Å². The minimum atomic E-state index is -0.852. The first-order valence-corrected chi connectivity index (χ1v) is 8.09. The molecule has 0 aliphatic carbocycles. The second-order valence-corrected chi connectivity index (χ2v) is 7.31. The molecule has 0 aromatic heterocycles. The van der Waals surface area contributed by atoms with Gasteiger partial charge in [-0.25, -0.2) is 4.79 Å². The van der Waals surface area contributed by atoms with Crippen LogP contribution in [0.15, 0.2) is 24.3 Å². The summed E-state index contributed by atoms with van der Waals surface area (Å²) >= 11 is 0. The number of methoxy groups -OCH3 is 1. The molecule has 1 atom stereocenters. The van der Waals surface area contributed by atoms with Gasteiger partial charge in [0.2, 0.25) is 0 Å². The summed E-state index contributed by atoms with van der Waals surface area (Å²) in [5.74, 6) is -0.0711. The second-order valence-electron chi connectivity index (χ2n) is 7.31. The molecule has 1 fully saturated rings. The highest BCUT2D eigenvalue weighted by Crippen LogP contribution is 2.30. The molecule has 1 heterocycles. The predicted octanol–water partition coefficient (Wildman–Crippen LogP) is 2.48. The Kier molecular flexibility index (Phi) is 5.06. The van der Waals surface area contributed by atoms with Gasteiger partial charge in [-0.3, -0.25) is 4.79 Å². The molecular weight excluding hydrogens is 308 g/mol. The summed E-state index contributed by atoms with van der Waals surface area (Å²) in [6.45, 7) is 6.95. The van der Waals surface area contributed by atoms with Crippen molar-refractivity contribution in [3.05, 3.63) is 29.8 Å². The van der Waals surface area contributed by atoms with E-state index in [0.29, 0.717) is 19.5 Å². The van der Waals surface area contributed by atoms with Crippen LogP contribution < -0.4 is 10.1 Å². The lowest BCUT2D eigenvalue weighted by Crippen LogP contribution is -2.45. The lowest BCUT2D eigenvalue weighted by atomic mass is 9.84. The monoisotopic (exact) mass is 334 g/mol. The number of nitrogens with one attached hydrogen (secondary N) is 1. The topological polar surface area (TPSA) is 78.9 Å². The molecule has 0 saturated carbocycles. The van der Waals surface area contributed by atoms with Gasteiger partial charge in [0.15, 0.2) is 0 Å². The number of amides is 2. The van der Waals surface area contributed by atoms with Gasteiger partial charge in [0, 0.05) is 25.0 Å². The Morgan fingerprint density at radius 3 is 2.71 bits per heavy atom. The average molecular weight is 334 g/mol. The highest BCUT2D eigenvalue weighted by atomic mass is 16.5. The quantitative estimate of drug-likeness (QED) is 0.867. The van der Waals surface area contributed by atoms with E-state index in [9.17, 15) is 14.7 Å². The number of ether oxygens (including phenoxy) is 1. The third-order valence-corrected chi connectivity index (χ3v) is 4.81. The van der Waals surface area contributed by atoms with Crippen LogP contribution in [-0.2, 0) is 10.2 Å². The number of likely N-dealkylation sites (tertiary alicyclic amines) is 1. The summed E-state index contributed by atoms with van der Waals surface area (Å²) in [5.41, 5.74) is -0.0430. The molecule has 2 N–H and O–H groups in total. The fourth-order valence-corrected chi connectivity index (χ4v) is 2.86. The van der Waals surface area contributed by atoms with Crippen LogP contribution in [0, 0.1) is 5.41 Å². The van der Waals surface area contributed by atoms with Gasteiger partial charge in [0.25, 0.3) is 0 Å². The molecule has 2 rings (SSSR count). The van der Waals surface area contributed by atoms with Gasteiger partial charge in [0.05, 0.1) is 12.5 Å². The third-order valence-electron chi connectivity index (χ3n) is 4.81. The van der Waals surface area contributed by atoms with Gasteiger partial charge in [-0.05, 0) is 31.0 Å². The summed E-state index contributed by atoms with van der Waals surface area (Å²) in [6, 6.07) is 7.57. The molecule has 1 aliphatic heterocycles. The summed E-state index contributed by atoms with van der Waals surface area (Å²) in [5, 5.41) is 12.2. The van der Waals surface area contributed by atoms with E-state index in [1.54, 1.807) is 18.9 Å². The minimum absolute atomic E-state index is 0.212. The Balaban J connectivity index is 1.97. The molecule has 2 amide bonds. The van der Waals surface area contributed by atoms with E-state index in [-0.39, 0.29) is 18.0 Å². The summed E-state index contributed by atoms with van der Waals surface area (Å²) in [4.78, 5) is 25.2. The van der Waals surface area contributed by atoms with Gasteiger partial charge in [-0.2, -0.15) is 0 Å². The lowest BCUT2D eigenvalue weighted by molar-refractivity contribution is -0.147. The van der Waals surface area contributed by atoms with Crippen molar-refractivity contribution < 1.29 is 19.4 Å². The first kappa shape index (κ1) is 18.1. The van der Waals surface area contributed by atoms with E-state index in [2.05, 4.69) is 5.32 Å². The fourth-order valence-electron chi connectivity index (χ4n) is 2.86. The molecule has 24 heavy (non-hydrogen) atoms. The number of nitrogens with zero attached hydrogens (tertiary/aromatic N) is 1. The number of carbonyl (C=O) groups excluding carboxylic acids is 1. The molecule has 1 aliphatic rings. The Bertz CT molecular complexity index is 629. The Morgan fingerprint density at radius 2 is 2.12 bits per heavy atom. The van der Waals surface area contributed by atoms with Crippen molar-refractivity contribution in [2.24, 2.45) is 5.41 Å². The number of carboxylic acids is 1. The van der Waals surface area contributed by atoms with Gasteiger partial charge in [-0.15, -0.1) is 0 Å². The van der Waals surface area contributed by atoms with Crippen molar-refractivity contribution in [2.75, 3.05) is 26.7 Å². The Morgan fingerprint density at radius 1 is 1.42 bits per heavy atom. The van der Waals surface area contributed by atoms with E-state index in [4.69, 9.17) is 4.74 Å². The number of hydrogen-bond acceptors (Lipinski definition) is 3. The van der Waals surface area contributed by atoms with Crippen molar-refractivity contribution in [1.29, 1.82) is 0 Å². The van der Waals surface area contributed by atoms with E-state index < -0.39 is 11.4 Å². The highest BCUT2D eigenvalue weighted by Gasteiger charge is 2.42. The zero-order chi connectivity index (χ0) is 18.0. The number of aliphatic carboxylic acids is 1. The molecule has 1 unspecified atom stereocenters. The number of hydrogen-bond donors (Lipinski definition) is 2. The summed E-state index contributed by atoms with van der Waals surface area (Å²) in [7, 11) is 1.63. The van der Waals surface area contributed by atoms with Crippen molar-refractivity contribution in [3.8, 4) is 5.75 Å². The molecule has 6 heteroatoms. The number of carbonyl (C=O) groups is 2. The van der Waals surface area contributed by atoms with Gasteiger partial charge >= 0.3 is 12.0 Å². The normalized spacial score (nSPS) is 20.8. The fraction of sp³-hybridized carbons (Fsp3) is 0.556. The van der Waals surface area contributed by atoms with Crippen molar-refractivity contribution in [2.45, 2.75) is 32.6 Å². The number of benzene rings is 1. The van der Waals surface area contributed by atoms with Crippen LogP contribution in [-0.4, -0.2) is 48.8 Å². The zero-order valence-corrected chi connectivity index (χ0v) is 14.8. The molecule has 1 saturated heterocycles. The van der Waals surface area contributed by atoms with Crippen molar-refractivity contribution in [3.63, 3.8) is 0 Å². The van der Waals surface area contributed by atoms with E-state index in [1.165, 1.54) is 0 Å². The molecule has 0 radical (unpaired) electrons. The average Bonchev–Trinajstić information content (AvgIpc) is 2.97. The minimum Gasteiger partial charge on any atom is -0.497 e. The summed E-state index contributed by atoms with van der Waals surface area (Å²) in [6.07, 6.45) is 0.481. The number of urea groups is 1. The molecule has 1 aromatic rings. The molecule has 1 aromatic carbocycles. The smallest absolute Gasteiger partial charge is 0.317 e. The molecule has 6 nitrogen and oxygen atoms in total. The van der Waals surface area contributed by atoms with Crippen LogP contribution in [0.5, 0.6) is 5.75 Å². The van der Waals surface area contributed by atoms with E-state index in [1.807, 2.05) is 38.1 Å². The van der Waals surface area contributed by atoms with Crippen LogP contribution in [0.25, 0.3) is 0 Å². The molecule has 0 spiro atoms. The second kappa shape index (κ2) is 6.71. The molecule has 0 bridgehead atoms. The maximum absolute atomic E-state index is 12.4. The van der Waals surface area contributed by atoms with Crippen molar-refractivity contribution in [1.82, 2.24) is 10.2 Å². The Hall–Kier alpha value is -2.24. The third kappa shape index (κ3) is 3.80. The largest absolute Gasteiger partial charge is 0.497 e. The first-order valence-electron chi connectivity index (χ1n) is 8.09. The molecule has 132 valence electrons. The molecular formula is C18H26N2O4. The highest BCUT2D eigenvalue weighted by molar-refractivity contribution is 5.79. The van der Waals surface area contributed by atoms with E-state index >= 15 is 0 Å². The Labute approximate surface area is 142 Å². The summed E-state index contributed by atoms with van der Waals surface area (Å²) < 4.78 is 5.25. The van der Waals surface area contributed by atoms with Crippen molar-refractivity contribution >= 4 is 12.0 Å². The standard InChI is InChI=1S/C18H26N2O4/c1-17(2,13-6-5-7-14(10-13)24-4)11-19-16(23)20-9-8-18(3,12-20)15(21)22/h5-7,10H,8-9,11-12H2,1-4H3,(H,19,23)(H,21,22). The number of rotatable bonds is 5.